The first kappa shape index (κ1) is 28.0. The van der Waals surface area contributed by atoms with Crippen LogP contribution in [0.5, 0.6) is 0 Å². The Kier molecular flexibility index (Phi) is 5.63. The molecule has 1 saturated heterocycles. The van der Waals surface area contributed by atoms with Gasteiger partial charge >= 0.3 is 6.09 Å². The summed E-state index contributed by atoms with van der Waals surface area (Å²) in [5.74, 6) is -1.41. The molecule has 1 spiro atoms. The fourth-order valence-electron chi connectivity index (χ4n) is 9.70. The maximum absolute atomic E-state index is 13.6. The molecule has 2 aliphatic heterocycles. The Bertz CT molecular complexity index is 1750. The summed E-state index contributed by atoms with van der Waals surface area (Å²) in [6, 6.07) is 17.7. The lowest BCUT2D eigenvalue weighted by atomic mass is 9.41. The minimum absolute atomic E-state index is 0.0894. The third-order valence-electron chi connectivity index (χ3n) is 12.1. The van der Waals surface area contributed by atoms with Crippen LogP contribution in [0.3, 0.4) is 0 Å². The molecule has 2 bridgehead atoms. The molecule has 3 fully saturated rings. The summed E-state index contributed by atoms with van der Waals surface area (Å²) in [5.41, 5.74) is 0.810. The van der Waals surface area contributed by atoms with Crippen molar-refractivity contribution in [2.24, 2.45) is 11.3 Å². The van der Waals surface area contributed by atoms with Crippen LogP contribution in [0.15, 0.2) is 66.2 Å². The van der Waals surface area contributed by atoms with E-state index in [0.29, 0.717) is 24.8 Å². The first-order valence-electron chi connectivity index (χ1n) is 15.8. The van der Waals surface area contributed by atoms with Crippen LogP contribution in [-0.4, -0.2) is 51.2 Å². The number of ether oxygens (including phenoxy) is 3. The number of carbonyl (C=O) groups is 2. The molecule has 3 heterocycles. The molecule has 3 aliphatic carbocycles. The molecule has 8 heteroatoms. The smallest absolute Gasteiger partial charge is 0.407 e. The van der Waals surface area contributed by atoms with Gasteiger partial charge in [-0.1, -0.05) is 62.4 Å². The Morgan fingerprint density at radius 3 is 2.57 bits per heavy atom. The van der Waals surface area contributed by atoms with Gasteiger partial charge < -0.3 is 29.6 Å². The molecule has 1 aromatic heterocycles. The number of rotatable bonds is 3. The van der Waals surface area contributed by atoms with Crippen molar-refractivity contribution in [1.29, 1.82) is 0 Å². The summed E-state index contributed by atoms with van der Waals surface area (Å²) in [5, 5.41) is 17.6. The van der Waals surface area contributed by atoms with Gasteiger partial charge in [0.2, 0.25) is 0 Å². The van der Waals surface area contributed by atoms with E-state index < -0.39 is 46.1 Å². The molecule has 1 amide bonds. The van der Waals surface area contributed by atoms with Crippen molar-refractivity contribution in [2.75, 3.05) is 0 Å². The number of aromatic amines is 1. The monoisotopic (exact) mass is 596 g/mol. The van der Waals surface area contributed by atoms with E-state index in [0.717, 1.165) is 23.2 Å². The Morgan fingerprint density at radius 1 is 1.07 bits per heavy atom. The molecule has 230 valence electrons. The van der Waals surface area contributed by atoms with Gasteiger partial charge in [-0.3, -0.25) is 4.79 Å². The SMILES string of the molecule is C[C@@H](NC(=O)O[C@H]1C[C@H]2Cc3c([nH]c4ccccc34)[C@]2(C)[C@@]2(C)CC[C@@]34O[C@@H](C(=O)C=C3[C@]12O)C(C)(C)O4)c1ccccc1. The van der Waals surface area contributed by atoms with E-state index in [1.165, 1.54) is 10.9 Å². The average molecular weight is 597 g/mol. The number of benzene rings is 2. The molecule has 3 aromatic rings. The Morgan fingerprint density at radius 2 is 1.80 bits per heavy atom. The number of para-hydroxylation sites is 1. The number of alkyl carbamates (subject to hydrolysis) is 1. The molecule has 8 rings (SSSR count). The fourth-order valence-corrected chi connectivity index (χ4v) is 9.70. The topological polar surface area (TPSA) is 110 Å². The van der Waals surface area contributed by atoms with E-state index in [9.17, 15) is 14.7 Å². The number of amides is 1. The zero-order valence-corrected chi connectivity index (χ0v) is 25.9. The Hall–Kier alpha value is -3.46. The minimum Gasteiger partial charge on any atom is -0.443 e. The van der Waals surface area contributed by atoms with Crippen molar-refractivity contribution >= 4 is 22.8 Å². The van der Waals surface area contributed by atoms with Gasteiger partial charge in [-0.05, 0) is 69.2 Å². The van der Waals surface area contributed by atoms with Crippen LogP contribution < -0.4 is 5.32 Å². The van der Waals surface area contributed by atoms with Crippen molar-refractivity contribution in [1.82, 2.24) is 10.3 Å². The van der Waals surface area contributed by atoms with Gasteiger partial charge in [-0.25, -0.2) is 4.79 Å². The van der Waals surface area contributed by atoms with Gasteiger partial charge in [-0.2, -0.15) is 0 Å². The van der Waals surface area contributed by atoms with Gasteiger partial charge in [0, 0.05) is 39.4 Å². The van der Waals surface area contributed by atoms with Crippen LogP contribution in [-0.2, 0) is 30.8 Å². The highest BCUT2D eigenvalue weighted by molar-refractivity contribution is 5.97. The predicted octanol–water partition coefficient (Wildman–Crippen LogP) is 5.79. The van der Waals surface area contributed by atoms with E-state index in [-0.39, 0.29) is 17.7 Å². The number of nitrogens with one attached hydrogen (secondary N) is 2. The number of aliphatic hydroxyl groups is 1. The van der Waals surface area contributed by atoms with Crippen LogP contribution in [0, 0.1) is 11.3 Å². The van der Waals surface area contributed by atoms with Crippen molar-refractivity contribution in [3.8, 4) is 0 Å². The normalized spacial score (nSPS) is 38.6. The number of hydrogen-bond acceptors (Lipinski definition) is 6. The Balaban J connectivity index is 1.25. The molecule has 3 N–H and O–H groups in total. The molecule has 0 radical (unpaired) electrons. The minimum atomic E-state index is -1.75. The molecule has 8 nitrogen and oxygen atoms in total. The maximum Gasteiger partial charge on any atom is 0.407 e. The van der Waals surface area contributed by atoms with Crippen LogP contribution >= 0.6 is 0 Å². The second-order valence-electron chi connectivity index (χ2n) is 14.5. The molecule has 2 aromatic carbocycles. The first-order chi connectivity index (χ1) is 20.8. The summed E-state index contributed by atoms with van der Waals surface area (Å²) in [4.78, 5) is 30.9. The van der Waals surface area contributed by atoms with Crippen molar-refractivity contribution in [2.45, 2.75) is 101 Å². The Labute approximate surface area is 257 Å². The van der Waals surface area contributed by atoms with Crippen LogP contribution in [0.1, 0.15) is 76.7 Å². The summed E-state index contributed by atoms with van der Waals surface area (Å²) in [7, 11) is 0. The molecule has 2 saturated carbocycles. The molecule has 0 unspecified atom stereocenters. The zero-order valence-electron chi connectivity index (χ0n) is 25.9. The summed E-state index contributed by atoms with van der Waals surface area (Å²) in [6.07, 6.45) is 1.48. The van der Waals surface area contributed by atoms with Gasteiger partial charge in [0.25, 0.3) is 0 Å². The lowest BCUT2D eigenvalue weighted by Gasteiger charge is -2.67. The summed E-state index contributed by atoms with van der Waals surface area (Å²) < 4.78 is 19.3. The van der Waals surface area contributed by atoms with Crippen molar-refractivity contribution in [3.05, 3.63) is 83.1 Å². The molecule has 5 aliphatic rings. The molecular formula is C36H40N2O6. The standard InChI is InChI=1S/C36H40N2O6/c1-20(21-11-7-6-8-12-21)37-31(40)42-28-18-22-17-24-23-13-9-10-14-25(23)38-29(24)34(22,5)33(4)15-16-35-27(36(28,33)41)19-26(39)30(43-35)32(2,3)44-35/h6-14,19-20,22,28,30,38,41H,15-18H2,1-5H3,(H,37,40)/t20-,22-,28+,30+,33-,34-,35+,36+/m1/s1. The average Bonchev–Trinajstić information content (AvgIpc) is 3.58. The third kappa shape index (κ3) is 3.34. The number of H-pyrrole nitrogens is 1. The van der Waals surface area contributed by atoms with E-state index >= 15 is 0 Å². The van der Waals surface area contributed by atoms with E-state index in [4.69, 9.17) is 14.2 Å². The van der Waals surface area contributed by atoms with Gasteiger partial charge in [0.05, 0.1) is 6.04 Å². The van der Waals surface area contributed by atoms with Gasteiger partial charge in [-0.15, -0.1) is 0 Å². The highest BCUT2D eigenvalue weighted by Gasteiger charge is 2.78. The second-order valence-corrected chi connectivity index (χ2v) is 14.5. The molecule has 8 atom stereocenters. The maximum atomic E-state index is 13.6. The zero-order chi connectivity index (χ0) is 30.9. The van der Waals surface area contributed by atoms with E-state index in [2.05, 4.69) is 42.3 Å². The third-order valence-corrected chi connectivity index (χ3v) is 12.1. The van der Waals surface area contributed by atoms with Gasteiger partial charge in [0.1, 0.15) is 17.3 Å². The first-order valence-corrected chi connectivity index (χ1v) is 15.8. The number of ketones is 1. The predicted molar refractivity (Wildman–Crippen MR) is 164 cm³/mol. The highest BCUT2D eigenvalue weighted by atomic mass is 16.8. The second kappa shape index (κ2) is 8.83. The lowest BCUT2D eigenvalue weighted by molar-refractivity contribution is -0.273. The number of fused-ring (bicyclic) bond motifs is 9. The molecular weight excluding hydrogens is 556 g/mol. The molecule has 44 heavy (non-hydrogen) atoms. The quantitative estimate of drug-likeness (QED) is 0.353. The summed E-state index contributed by atoms with van der Waals surface area (Å²) in [6.45, 7) is 9.96. The number of hydrogen-bond donors (Lipinski definition) is 3. The highest BCUT2D eigenvalue weighted by Crippen LogP contribution is 2.72. The van der Waals surface area contributed by atoms with Crippen molar-refractivity contribution in [3.63, 3.8) is 0 Å². The van der Waals surface area contributed by atoms with Crippen LogP contribution in [0.4, 0.5) is 4.79 Å². The largest absolute Gasteiger partial charge is 0.443 e. The fraction of sp³-hybridized carbons (Fsp3) is 0.500. The lowest BCUT2D eigenvalue weighted by Crippen LogP contribution is -2.75. The van der Waals surface area contributed by atoms with E-state index in [1.807, 2.05) is 57.2 Å². The van der Waals surface area contributed by atoms with Crippen LogP contribution in [0.25, 0.3) is 10.9 Å². The van der Waals surface area contributed by atoms with Crippen LogP contribution in [0.2, 0.25) is 0 Å². The van der Waals surface area contributed by atoms with Crippen molar-refractivity contribution < 1.29 is 28.9 Å². The number of aromatic nitrogens is 1. The number of carbonyl (C=O) groups excluding carboxylic acids is 2. The van der Waals surface area contributed by atoms with Gasteiger partial charge in [0.15, 0.2) is 17.7 Å². The summed E-state index contributed by atoms with van der Waals surface area (Å²) >= 11 is 0. The van der Waals surface area contributed by atoms with E-state index in [1.54, 1.807) is 6.08 Å².